The Balaban J connectivity index is 1.69. The summed E-state index contributed by atoms with van der Waals surface area (Å²) in [5, 5.41) is 3.72. The zero-order valence-electron chi connectivity index (χ0n) is 13.8. The molecule has 3 aromatic rings. The van der Waals surface area contributed by atoms with E-state index in [1.807, 2.05) is 26.0 Å². The van der Waals surface area contributed by atoms with Crippen molar-refractivity contribution < 1.29 is 14.3 Å². The Kier molecular flexibility index (Phi) is 4.66. The molecule has 24 heavy (non-hydrogen) atoms. The Morgan fingerprint density at radius 3 is 2.79 bits per heavy atom. The SMILES string of the molecule is COC(=O)Nc1ccc(OCc2ccc3sc(C)nc3c2)cc1C. The zero-order chi connectivity index (χ0) is 17.1. The minimum atomic E-state index is -0.487. The van der Waals surface area contributed by atoms with Gasteiger partial charge < -0.3 is 9.47 Å². The molecule has 1 heterocycles. The number of nitrogens with zero attached hydrogens (tertiary/aromatic N) is 1. The van der Waals surface area contributed by atoms with E-state index in [-0.39, 0.29) is 0 Å². The highest BCUT2D eigenvalue weighted by atomic mass is 32.1. The maximum Gasteiger partial charge on any atom is 0.411 e. The van der Waals surface area contributed by atoms with Crippen LogP contribution in [0.25, 0.3) is 10.2 Å². The second-order valence-electron chi connectivity index (χ2n) is 5.42. The minimum absolute atomic E-state index is 0.468. The number of anilines is 1. The number of carbonyl (C=O) groups excluding carboxylic acids is 1. The summed E-state index contributed by atoms with van der Waals surface area (Å²) >= 11 is 1.69. The van der Waals surface area contributed by atoms with Crippen LogP contribution < -0.4 is 10.1 Å². The van der Waals surface area contributed by atoms with Gasteiger partial charge in [-0.25, -0.2) is 9.78 Å². The molecule has 5 nitrogen and oxygen atoms in total. The quantitative estimate of drug-likeness (QED) is 0.748. The van der Waals surface area contributed by atoms with Crippen molar-refractivity contribution in [1.29, 1.82) is 0 Å². The van der Waals surface area contributed by atoms with E-state index in [0.717, 1.165) is 27.4 Å². The predicted molar refractivity (Wildman–Crippen MR) is 95.9 cm³/mol. The lowest BCUT2D eigenvalue weighted by Crippen LogP contribution is -2.11. The molecule has 3 rings (SSSR count). The lowest BCUT2D eigenvalue weighted by molar-refractivity contribution is 0.187. The van der Waals surface area contributed by atoms with Crippen molar-refractivity contribution in [2.24, 2.45) is 0 Å². The monoisotopic (exact) mass is 342 g/mol. The van der Waals surface area contributed by atoms with E-state index in [9.17, 15) is 4.79 Å². The number of nitrogens with one attached hydrogen (secondary N) is 1. The topological polar surface area (TPSA) is 60.5 Å². The van der Waals surface area contributed by atoms with Gasteiger partial charge in [-0.2, -0.15) is 0 Å². The first kappa shape index (κ1) is 16.3. The van der Waals surface area contributed by atoms with Crippen molar-refractivity contribution in [3.63, 3.8) is 0 Å². The van der Waals surface area contributed by atoms with E-state index < -0.39 is 6.09 Å². The molecule has 0 saturated heterocycles. The lowest BCUT2D eigenvalue weighted by atomic mass is 10.2. The van der Waals surface area contributed by atoms with Crippen molar-refractivity contribution in [2.45, 2.75) is 20.5 Å². The number of hydrogen-bond acceptors (Lipinski definition) is 5. The van der Waals surface area contributed by atoms with E-state index in [1.165, 1.54) is 11.8 Å². The van der Waals surface area contributed by atoms with E-state index in [2.05, 4.69) is 33.2 Å². The highest BCUT2D eigenvalue weighted by molar-refractivity contribution is 7.18. The molecule has 0 bridgehead atoms. The first-order valence-electron chi connectivity index (χ1n) is 7.49. The van der Waals surface area contributed by atoms with Gasteiger partial charge >= 0.3 is 6.09 Å². The Morgan fingerprint density at radius 2 is 2.04 bits per heavy atom. The fraction of sp³-hybridized carbons (Fsp3) is 0.222. The lowest BCUT2D eigenvalue weighted by Gasteiger charge is -2.11. The van der Waals surface area contributed by atoms with Crippen LogP contribution in [-0.4, -0.2) is 18.2 Å². The van der Waals surface area contributed by atoms with E-state index >= 15 is 0 Å². The molecule has 0 spiro atoms. The number of fused-ring (bicyclic) bond motifs is 1. The molecule has 124 valence electrons. The van der Waals surface area contributed by atoms with Gasteiger partial charge in [-0.3, -0.25) is 5.32 Å². The summed E-state index contributed by atoms with van der Waals surface area (Å²) in [6, 6.07) is 11.7. The number of hydrogen-bond donors (Lipinski definition) is 1. The average Bonchev–Trinajstić information content (AvgIpc) is 2.94. The van der Waals surface area contributed by atoms with Crippen LogP contribution in [0.15, 0.2) is 36.4 Å². The number of methoxy groups -OCH3 is 1. The number of aromatic nitrogens is 1. The normalized spacial score (nSPS) is 10.6. The summed E-state index contributed by atoms with van der Waals surface area (Å²) in [7, 11) is 1.34. The van der Waals surface area contributed by atoms with Crippen molar-refractivity contribution in [2.75, 3.05) is 12.4 Å². The Morgan fingerprint density at radius 1 is 1.21 bits per heavy atom. The Bertz CT molecular complexity index is 889. The molecule has 0 aliphatic heterocycles. The fourth-order valence-corrected chi connectivity index (χ4v) is 3.18. The van der Waals surface area contributed by atoms with Gasteiger partial charge in [0.1, 0.15) is 12.4 Å². The second-order valence-corrected chi connectivity index (χ2v) is 6.65. The summed E-state index contributed by atoms with van der Waals surface area (Å²) in [5.41, 5.74) is 3.69. The second kappa shape index (κ2) is 6.88. The van der Waals surface area contributed by atoms with Gasteiger partial charge in [0.05, 0.1) is 22.3 Å². The molecular formula is C18H18N2O3S. The third-order valence-electron chi connectivity index (χ3n) is 3.58. The molecule has 0 unspecified atom stereocenters. The van der Waals surface area contributed by atoms with E-state index in [1.54, 1.807) is 17.4 Å². The number of carbonyl (C=O) groups is 1. The smallest absolute Gasteiger partial charge is 0.411 e. The molecule has 0 radical (unpaired) electrons. The predicted octanol–water partition coefficient (Wildman–Crippen LogP) is 4.67. The van der Waals surface area contributed by atoms with Gasteiger partial charge in [-0.05, 0) is 55.3 Å². The summed E-state index contributed by atoms with van der Waals surface area (Å²) in [4.78, 5) is 15.8. The largest absolute Gasteiger partial charge is 0.489 e. The van der Waals surface area contributed by atoms with E-state index in [4.69, 9.17) is 4.74 Å². The molecule has 1 amide bonds. The van der Waals surface area contributed by atoms with Gasteiger partial charge in [0.2, 0.25) is 0 Å². The van der Waals surface area contributed by atoms with Crippen molar-refractivity contribution in [3.8, 4) is 5.75 Å². The highest BCUT2D eigenvalue weighted by Gasteiger charge is 2.06. The third-order valence-corrected chi connectivity index (χ3v) is 4.54. The van der Waals surface area contributed by atoms with Crippen LogP contribution in [0.3, 0.4) is 0 Å². The van der Waals surface area contributed by atoms with Crippen LogP contribution in [0.5, 0.6) is 5.75 Å². The van der Waals surface area contributed by atoms with Crippen LogP contribution in [-0.2, 0) is 11.3 Å². The molecule has 0 aliphatic rings. The summed E-state index contributed by atoms with van der Waals surface area (Å²) in [6.45, 7) is 4.38. The molecule has 0 atom stereocenters. The molecular weight excluding hydrogens is 324 g/mol. The number of thiazole rings is 1. The molecule has 1 N–H and O–H groups in total. The van der Waals surface area contributed by atoms with E-state index in [0.29, 0.717) is 12.3 Å². The Hall–Kier alpha value is -2.60. The summed E-state index contributed by atoms with van der Waals surface area (Å²) < 4.78 is 11.6. The van der Waals surface area contributed by atoms with Gasteiger partial charge in [0.25, 0.3) is 0 Å². The van der Waals surface area contributed by atoms with Crippen LogP contribution >= 0.6 is 11.3 Å². The van der Waals surface area contributed by atoms with Crippen LogP contribution in [0.1, 0.15) is 16.1 Å². The molecule has 0 saturated carbocycles. The van der Waals surface area contributed by atoms with Gasteiger partial charge in [-0.1, -0.05) is 6.07 Å². The zero-order valence-corrected chi connectivity index (χ0v) is 14.6. The van der Waals surface area contributed by atoms with Gasteiger partial charge in [0.15, 0.2) is 0 Å². The van der Waals surface area contributed by atoms with Gasteiger partial charge in [-0.15, -0.1) is 11.3 Å². The molecule has 0 fully saturated rings. The number of benzene rings is 2. The first-order chi connectivity index (χ1) is 11.5. The summed E-state index contributed by atoms with van der Waals surface area (Å²) in [5.74, 6) is 0.748. The van der Waals surface area contributed by atoms with Crippen molar-refractivity contribution in [3.05, 3.63) is 52.5 Å². The number of aryl methyl sites for hydroxylation is 2. The maximum absolute atomic E-state index is 11.3. The standard InChI is InChI=1S/C18H18N2O3S/c1-11-8-14(5-6-15(11)20-18(21)22-3)23-10-13-4-7-17-16(9-13)19-12(2)24-17/h4-9H,10H2,1-3H3,(H,20,21). The Labute approximate surface area is 144 Å². The fourth-order valence-electron chi connectivity index (χ4n) is 2.37. The van der Waals surface area contributed by atoms with Crippen LogP contribution in [0.4, 0.5) is 10.5 Å². The minimum Gasteiger partial charge on any atom is -0.489 e. The number of rotatable bonds is 4. The summed E-state index contributed by atoms with van der Waals surface area (Å²) in [6.07, 6.45) is -0.487. The van der Waals surface area contributed by atoms with Crippen LogP contribution in [0.2, 0.25) is 0 Å². The molecule has 2 aromatic carbocycles. The first-order valence-corrected chi connectivity index (χ1v) is 8.31. The third kappa shape index (κ3) is 3.65. The highest BCUT2D eigenvalue weighted by Crippen LogP contribution is 2.25. The molecule has 1 aromatic heterocycles. The molecule has 6 heteroatoms. The van der Waals surface area contributed by atoms with Crippen LogP contribution in [0, 0.1) is 13.8 Å². The van der Waals surface area contributed by atoms with Crippen molar-refractivity contribution in [1.82, 2.24) is 4.98 Å². The van der Waals surface area contributed by atoms with Gasteiger partial charge in [0, 0.05) is 5.69 Å². The number of ether oxygens (including phenoxy) is 2. The average molecular weight is 342 g/mol. The maximum atomic E-state index is 11.3. The van der Waals surface area contributed by atoms with Crippen molar-refractivity contribution >= 4 is 33.3 Å². The molecule has 0 aliphatic carbocycles. The number of amides is 1.